The van der Waals surface area contributed by atoms with E-state index in [9.17, 15) is 18.0 Å². The van der Waals surface area contributed by atoms with Gasteiger partial charge in [0.05, 0.1) is 4.90 Å². The number of carbonyl (C=O) groups excluding carboxylic acids is 1. The maximum Gasteiger partial charge on any atom is 0.303 e. The molecule has 1 rings (SSSR count). The molecule has 3 N–H and O–H groups in total. The number of carboxylic acid groups (broad SMARTS) is 1. The largest absolute Gasteiger partial charge is 0.481 e. The molecule has 0 saturated carbocycles. The highest BCUT2D eigenvalue weighted by molar-refractivity contribution is 7.98. The van der Waals surface area contributed by atoms with Gasteiger partial charge in [-0.25, -0.2) is 8.42 Å². The van der Waals surface area contributed by atoms with Crippen LogP contribution in [0.15, 0.2) is 35.2 Å². The maximum atomic E-state index is 12.4. The predicted octanol–water partition coefficient (Wildman–Crippen LogP) is 1.07. The highest BCUT2D eigenvalue weighted by Crippen LogP contribution is 2.10. The van der Waals surface area contributed by atoms with Gasteiger partial charge in [-0.15, -0.1) is 0 Å². The van der Waals surface area contributed by atoms with Crippen molar-refractivity contribution in [1.82, 2.24) is 10.0 Å². The number of rotatable bonds is 11. The summed E-state index contributed by atoms with van der Waals surface area (Å²) >= 11 is 1.51. The summed E-state index contributed by atoms with van der Waals surface area (Å²) in [6.45, 7) is 0.188. The lowest BCUT2D eigenvalue weighted by Crippen LogP contribution is -2.47. The van der Waals surface area contributed by atoms with E-state index in [0.717, 1.165) is 0 Å². The normalized spacial score (nSPS) is 12.5. The Morgan fingerprint density at radius 3 is 2.50 bits per heavy atom. The van der Waals surface area contributed by atoms with Gasteiger partial charge < -0.3 is 10.4 Å². The average Bonchev–Trinajstić information content (AvgIpc) is 2.55. The molecule has 0 aliphatic carbocycles. The molecule has 9 heteroatoms. The first kappa shape index (κ1) is 20.5. The zero-order valence-electron chi connectivity index (χ0n) is 13.4. The van der Waals surface area contributed by atoms with E-state index in [1.165, 1.54) is 23.9 Å². The van der Waals surface area contributed by atoms with Crippen LogP contribution in [0.2, 0.25) is 0 Å². The van der Waals surface area contributed by atoms with E-state index in [2.05, 4.69) is 10.0 Å². The van der Waals surface area contributed by atoms with Gasteiger partial charge in [0.1, 0.15) is 6.04 Å². The fraction of sp³-hybridized carbons (Fsp3) is 0.467. The molecule has 7 nitrogen and oxygen atoms in total. The SMILES string of the molecule is CSCCC(NS(=O)(=O)c1ccccc1)C(=O)NCCCC(=O)O. The Hall–Kier alpha value is -1.58. The van der Waals surface area contributed by atoms with Crippen LogP contribution in [0.5, 0.6) is 0 Å². The van der Waals surface area contributed by atoms with Crippen molar-refractivity contribution < 1.29 is 23.1 Å². The van der Waals surface area contributed by atoms with E-state index in [-0.39, 0.29) is 17.9 Å². The molecular weight excluding hydrogens is 352 g/mol. The van der Waals surface area contributed by atoms with E-state index in [1.54, 1.807) is 18.2 Å². The summed E-state index contributed by atoms with van der Waals surface area (Å²) in [6.07, 6.45) is 2.46. The Balaban J connectivity index is 2.70. The molecule has 0 spiro atoms. The molecule has 1 amide bonds. The third-order valence-electron chi connectivity index (χ3n) is 3.14. The molecule has 1 aromatic rings. The summed E-state index contributed by atoms with van der Waals surface area (Å²) in [4.78, 5) is 22.8. The summed E-state index contributed by atoms with van der Waals surface area (Å²) in [5.74, 6) is -0.772. The number of carboxylic acids is 1. The average molecular weight is 374 g/mol. The fourth-order valence-electron chi connectivity index (χ4n) is 1.91. The zero-order valence-corrected chi connectivity index (χ0v) is 15.0. The molecule has 0 aromatic heterocycles. The third-order valence-corrected chi connectivity index (χ3v) is 5.28. The number of sulfonamides is 1. The summed E-state index contributed by atoms with van der Waals surface area (Å²) < 4.78 is 27.1. The summed E-state index contributed by atoms with van der Waals surface area (Å²) in [5.41, 5.74) is 0. The number of carbonyl (C=O) groups is 2. The van der Waals surface area contributed by atoms with Crippen LogP contribution in [0.4, 0.5) is 0 Å². The van der Waals surface area contributed by atoms with Crippen LogP contribution in [-0.2, 0) is 19.6 Å². The Morgan fingerprint density at radius 2 is 1.92 bits per heavy atom. The standard InChI is InChI=1S/C15H22N2O5S2/c1-23-11-9-13(15(20)16-10-5-8-14(18)19)17-24(21,22)12-6-3-2-4-7-12/h2-4,6-7,13,17H,5,8-11H2,1H3,(H,16,20)(H,18,19). The number of hydrogen-bond donors (Lipinski definition) is 3. The lowest BCUT2D eigenvalue weighted by Gasteiger charge is -2.18. The van der Waals surface area contributed by atoms with Gasteiger partial charge in [-0.1, -0.05) is 18.2 Å². The second-order valence-electron chi connectivity index (χ2n) is 5.06. The second-order valence-corrected chi connectivity index (χ2v) is 7.76. The van der Waals surface area contributed by atoms with Gasteiger partial charge in [-0.2, -0.15) is 16.5 Å². The molecule has 0 fully saturated rings. The molecule has 0 saturated heterocycles. The quantitative estimate of drug-likeness (QED) is 0.500. The van der Waals surface area contributed by atoms with Crippen LogP contribution < -0.4 is 10.0 Å². The minimum atomic E-state index is -3.79. The first-order valence-corrected chi connectivity index (χ1v) is 10.3. The van der Waals surface area contributed by atoms with Crippen molar-refractivity contribution in [3.63, 3.8) is 0 Å². The lowest BCUT2D eigenvalue weighted by atomic mass is 10.2. The van der Waals surface area contributed by atoms with Gasteiger partial charge in [0.2, 0.25) is 15.9 Å². The molecule has 0 bridgehead atoms. The molecule has 0 aliphatic rings. The monoisotopic (exact) mass is 374 g/mol. The first-order chi connectivity index (χ1) is 11.4. The maximum absolute atomic E-state index is 12.4. The van der Waals surface area contributed by atoms with Crippen molar-refractivity contribution in [2.45, 2.75) is 30.2 Å². The first-order valence-electron chi connectivity index (χ1n) is 7.42. The second kappa shape index (κ2) is 10.3. The van der Waals surface area contributed by atoms with Gasteiger partial charge in [-0.05, 0) is 37.0 Å². The van der Waals surface area contributed by atoms with E-state index < -0.39 is 27.9 Å². The third kappa shape index (κ3) is 7.33. The van der Waals surface area contributed by atoms with Crippen molar-refractivity contribution in [2.24, 2.45) is 0 Å². The van der Waals surface area contributed by atoms with Gasteiger partial charge >= 0.3 is 5.97 Å². The van der Waals surface area contributed by atoms with E-state index in [0.29, 0.717) is 18.6 Å². The molecule has 0 aliphatic heterocycles. The van der Waals surface area contributed by atoms with Crippen LogP contribution >= 0.6 is 11.8 Å². The van der Waals surface area contributed by atoms with Gasteiger partial charge in [0.15, 0.2) is 0 Å². The summed E-state index contributed by atoms with van der Waals surface area (Å²) in [5, 5.41) is 11.2. The van der Waals surface area contributed by atoms with Gasteiger partial charge in [0, 0.05) is 13.0 Å². The topological polar surface area (TPSA) is 113 Å². The highest BCUT2D eigenvalue weighted by atomic mass is 32.2. The number of nitrogens with one attached hydrogen (secondary N) is 2. The number of benzene rings is 1. The summed E-state index contributed by atoms with van der Waals surface area (Å²) in [7, 11) is -3.79. The molecule has 0 radical (unpaired) electrons. The predicted molar refractivity (Wildman–Crippen MR) is 93.4 cm³/mol. The van der Waals surface area contributed by atoms with Gasteiger partial charge in [0.25, 0.3) is 0 Å². The Bertz CT molecular complexity index is 635. The molecule has 134 valence electrons. The van der Waals surface area contributed by atoms with Crippen LogP contribution in [0, 0.1) is 0 Å². The number of aliphatic carboxylic acids is 1. The van der Waals surface area contributed by atoms with Crippen molar-refractivity contribution in [2.75, 3.05) is 18.6 Å². The summed E-state index contributed by atoms with van der Waals surface area (Å²) in [6, 6.07) is 6.94. The van der Waals surface area contributed by atoms with Crippen molar-refractivity contribution >= 4 is 33.7 Å². The van der Waals surface area contributed by atoms with Crippen LogP contribution in [-0.4, -0.2) is 50.0 Å². The number of hydrogen-bond acceptors (Lipinski definition) is 5. The molecule has 1 atom stereocenters. The minimum Gasteiger partial charge on any atom is -0.481 e. The van der Waals surface area contributed by atoms with Gasteiger partial charge in [-0.3, -0.25) is 9.59 Å². The Labute approximate surface area is 146 Å². The van der Waals surface area contributed by atoms with Crippen LogP contribution in [0.1, 0.15) is 19.3 Å². The molecular formula is C15H22N2O5S2. The molecule has 24 heavy (non-hydrogen) atoms. The van der Waals surface area contributed by atoms with E-state index in [4.69, 9.17) is 5.11 Å². The molecule has 1 unspecified atom stereocenters. The van der Waals surface area contributed by atoms with Crippen molar-refractivity contribution in [3.05, 3.63) is 30.3 Å². The van der Waals surface area contributed by atoms with E-state index >= 15 is 0 Å². The number of thioether (sulfide) groups is 1. The Morgan fingerprint density at radius 1 is 1.25 bits per heavy atom. The fourth-order valence-corrected chi connectivity index (χ4v) is 3.63. The minimum absolute atomic E-state index is 0.0501. The van der Waals surface area contributed by atoms with Crippen LogP contribution in [0.25, 0.3) is 0 Å². The molecule has 0 heterocycles. The lowest BCUT2D eigenvalue weighted by molar-refractivity contribution is -0.137. The highest BCUT2D eigenvalue weighted by Gasteiger charge is 2.25. The Kier molecular flexibility index (Phi) is 8.80. The number of amides is 1. The smallest absolute Gasteiger partial charge is 0.303 e. The van der Waals surface area contributed by atoms with Crippen LogP contribution in [0.3, 0.4) is 0 Å². The van der Waals surface area contributed by atoms with Crippen molar-refractivity contribution in [3.8, 4) is 0 Å². The molecule has 1 aromatic carbocycles. The van der Waals surface area contributed by atoms with Crippen molar-refractivity contribution in [1.29, 1.82) is 0 Å². The van der Waals surface area contributed by atoms with E-state index in [1.807, 2.05) is 6.26 Å². The zero-order chi connectivity index (χ0) is 18.0.